The summed E-state index contributed by atoms with van der Waals surface area (Å²) in [4.78, 5) is 11.4. The molecule has 1 fully saturated rings. The van der Waals surface area contributed by atoms with E-state index in [1.807, 2.05) is 31.2 Å². The van der Waals surface area contributed by atoms with E-state index in [-0.39, 0.29) is 17.8 Å². The molecule has 1 aliphatic rings. The van der Waals surface area contributed by atoms with Crippen LogP contribution < -0.4 is 5.32 Å². The van der Waals surface area contributed by atoms with Gasteiger partial charge >= 0.3 is 0 Å². The highest BCUT2D eigenvalue weighted by atomic mass is 16.3. The smallest absolute Gasteiger partial charge is 0.162 e. The first-order chi connectivity index (χ1) is 8.19. The number of anilines is 1. The Morgan fingerprint density at radius 1 is 1.35 bits per heavy atom. The van der Waals surface area contributed by atoms with Crippen LogP contribution in [0.1, 0.15) is 36.5 Å². The van der Waals surface area contributed by atoms with E-state index in [0.717, 1.165) is 30.6 Å². The van der Waals surface area contributed by atoms with Gasteiger partial charge in [-0.05, 0) is 37.1 Å². The topological polar surface area (TPSA) is 49.3 Å². The Bertz CT molecular complexity index is 393. The van der Waals surface area contributed by atoms with Crippen LogP contribution in [0.15, 0.2) is 24.3 Å². The Kier molecular flexibility index (Phi) is 3.48. The molecule has 0 saturated heterocycles. The maximum atomic E-state index is 11.4. The molecule has 2 N–H and O–H groups in total. The minimum absolute atomic E-state index is 0.109. The number of benzene rings is 1. The SMILES string of the molecule is CCC(=O)c1ccc(NCC2(CO)CC2)cc1. The molecule has 0 unspecified atom stereocenters. The van der Waals surface area contributed by atoms with Crippen LogP contribution in [-0.4, -0.2) is 24.0 Å². The number of hydrogen-bond donors (Lipinski definition) is 2. The van der Waals surface area contributed by atoms with E-state index in [1.165, 1.54) is 0 Å². The van der Waals surface area contributed by atoms with Crippen molar-refractivity contribution in [1.29, 1.82) is 0 Å². The number of aliphatic hydroxyl groups excluding tert-OH is 1. The van der Waals surface area contributed by atoms with Gasteiger partial charge in [-0.2, -0.15) is 0 Å². The van der Waals surface area contributed by atoms with Gasteiger partial charge in [0.1, 0.15) is 0 Å². The van der Waals surface area contributed by atoms with Crippen molar-refractivity contribution >= 4 is 11.5 Å². The summed E-state index contributed by atoms with van der Waals surface area (Å²) in [5.41, 5.74) is 1.89. The molecule has 0 aromatic heterocycles. The van der Waals surface area contributed by atoms with E-state index in [4.69, 9.17) is 0 Å². The Hall–Kier alpha value is -1.35. The van der Waals surface area contributed by atoms with Gasteiger partial charge in [-0.3, -0.25) is 4.79 Å². The molecule has 0 spiro atoms. The average Bonchev–Trinajstić information content (AvgIpc) is 3.17. The molecule has 17 heavy (non-hydrogen) atoms. The van der Waals surface area contributed by atoms with Crippen molar-refractivity contribution in [3.8, 4) is 0 Å². The lowest BCUT2D eigenvalue weighted by Crippen LogP contribution is -2.18. The third-order valence-corrected chi connectivity index (χ3v) is 3.49. The van der Waals surface area contributed by atoms with Crippen LogP contribution in [0.3, 0.4) is 0 Å². The number of ketones is 1. The zero-order valence-corrected chi connectivity index (χ0v) is 10.2. The monoisotopic (exact) mass is 233 g/mol. The van der Waals surface area contributed by atoms with Crippen molar-refractivity contribution in [1.82, 2.24) is 0 Å². The van der Waals surface area contributed by atoms with Crippen LogP contribution in [0.2, 0.25) is 0 Å². The molecule has 0 heterocycles. The first-order valence-electron chi connectivity index (χ1n) is 6.17. The highest BCUT2D eigenvalue weighted by molar-refractivity contribution is 5.96. The summed E-state index contributed by atoms with van der Waals surface area (Å²) in [6.45, 7) is 2.93. The van der Waals surface area contributed by atoms with Gasteiger partial charge < -0.3 is 10.4 Å². The predicted molar refractivity (Wildman–Crippen MR) is 68.3 cm³/mol. The van der Waals surface area contributed by atoms with E-state index >= 15 is 0 Å². The minimum Gasteiger partial charge on any atom is -0.396 e. The number of carbonyl (C=O) groups excluding carboxylic acids is 1. The van der Waals surface area contributed by atoms with Crippen molar-refractivity contribution < 1.29 is 9.90 Å². The summed E-state index contributed by atoms with van der Waals surface area (Å²) in [5, 5.41) is 12.5. The zero-order chi connectivity index (χ0) is 12.3. The molecule has 0 atom stereocenters. The molecule has 92 valence electrons. The molecule has 3 heteroatoms. The van der Waals surface area contributed by atoms with Gasteiger partial charge in [0.2, 0.25) is 0 Å². The van der Waals surface area contributed by atoms with E-state index < -0.39 is 0 Å². The second kappa shape index (κ2) is 4.88. The second-order valence-electron chi connectivity index (χ2n) is 4.87. The summed E-state index contributed by atoms with van der Waals surface area (Å²) in [6, 6.07) is 7.56. The minimum atomic E-state index is 0.109. The van der Waals surface area contributed by atoms with Gasteiger partial charge in [-0.15, -0.1) is 0 Å². The van der Waals surface area contributed by atoms with Crippen LogP contribution in [0, 0.1) is 5.41 Å². The second-order valence-corrected chi connectivity index (χ2v) is 4.87. The molecule has 1 saturated carbocycles. The normalized spacial score (nSPS) is 16.6. The third-order valence-electron chi connectivity index (χ3n) is 3.49. The summed E-state index contributed by atoms with van der Waals surface area (Å²) < 4.78 is 0. The summed E-state index contributed by atoms with van der Waals surface area (Å²) >= 11 is 0. The molecular formula is C14H19NO2. The lowest BCUT2D eigenvalue weighted by Gasteiger charge is -2.13. The number of Topliss-reactive ketones (excluding diaryl/α,β-unsaturated/α-hetero) is 1. The van der Waals surface area contributed by atoms with Crippen molar-refractivity contribution in [2.75, 3.05) is 18.5 Å². The summed E-state index contributed by atoms with van der Waals surface area (Å²) in [7, 11) is 0. The van der Waals surface area contributed by atoms with Gasteiger partial charge in [0.05, 0.1) is 6.61 Å². The molecule has 1 aromatic rings. The van der Waals surface area contributed by atoms with Gasteiger partial charge in [0, 0.05) is 29.6 Å². The van der Waals surface area contributed by atoms with Crippen molar-refractivity contribution in [3.05, 3.63) is 29.8 Å². The third kappa shape index (κ3) is 2.86. The fourth-order valence-electron chi connectivity index (χ4n) is 1.84. The average molecular weight is 233 g/mol. The Morgan fingerprint density at radius 3 is 2.47 bits per heavy atom. The molecule has 0 aliphatic heterocycles. The Balaban J connectivity index is 1.92. The molecule has 3 nitrogen and oxygen atoms in total. The molecule has 0 radical (unpaired) electrons. The fourth-order valence-corrected chi connectivity index (χ4v) is 1.84. The highest BCUT2D eigenvalue weighted by Crippen LogP contribution is 2.44. The van der Waals surface area contributed by atoms with Crippen LogP contribution in [0.5, 0.6) is 0 Å². The number of aliphatic hydroxyl groups is 1. The van der Waals surface area contributed by atoms with Gasteiger partial charge in [0.25, 0.3) is 0 Å². The van der Waals surface area contributed by atoms with E-state index in [1.54, 1.807) is 0 Å². The van der Waals surface area contributed by atoms with Gasteiger partial charge in [-0.25, -0.2) is 0 Å². The van der Waals surface area contributed by atoms with Gasteiger partial charge in [0.15, 0.2) is 5.78 Å². The Labute approximate surface area is 102 Å². The number of nitrogens with one attached hydrogen (secondary N) is 1. The largest absolute Gasteiger partial charge is 0.396 e. The first kappa shape index (κ1) is 12.1. The standard InChI is InChI=1S/C14H19NO2/c1-2-13(17)11-3-5-12(6-4-11)15-9-14(10-16)7-8-14/h3-6,15-16H,2,7-10H2,1H3. The molecule has 1 aliphatic carbocycles. The van der Waals surface area contributed by atoms with Crippen molar-refractivity contribution in [3.63, 3.8) is 0 Å². The lowest BCUT2D eigenvalue weighted by molar-refractivity contribution is 0.0988. The van der Waals surface area contributed by atoms with Crippen molar-refractivity contribution in [2.45, 2.75) is 26.2 Å². The summed E-state index contributed by atoms with van der Waals surface area (Å²) in [5.74, 6) is 0.172. The number of hydrogen-bond acceptors (Lipinski definition) is 3. The van der Waals surface area contributed by atoms with E-state index in [9.17, 15) is 9.90 Å². The number of rotatable bonds is 6. The lowest BCUT2D eigenvalue weighted by atomic mass is 10.1. The van der Waals surface area contributed by atoms with E-state index in [0.29, 0.717) is 6.42 Å². The quantitative estimate of drug-likeness (QED) is 0.742. The number of carbonyl (C=O) groups is 1. The maximum absolute atomic E-state index is 11.4. The van der Waals surface area contributed by atoms with Gasteiger partial charge in [-0.1, -0.05) is 6.92 Å². The first-order valence-corrected chi connectivity index (χ1v) is 6.17. The van der Waals surface area contributed by atoms with Crippen LogP contribution >= 0.6 is 0 Å². The zero-order valence-electron chi connectivity index (χ0n) is 10.2. The highest BCUT2D eigenvalue weighted by Gasteiger charge is 2.41. The molecule has 0 amide bonds. The van der Waals surface area contributed by atoms with E-state index in [2.05, 4.69) is 5.32 Å². The summed E-state index contributed by atoms with van der Waals surface area (Å²) in [6.07, 6.45) is 2.74. The van der Waals surface area contributed by atoms with Crippen LogP contribution in [0.25, 0.3) is 0 Å². The molecule has 1 aromatic carbocycles. The predicted octanol–water partition coefficient (Wildman–Crippen LogP) is 2.46. The maximum Gasteiger partial charge on any atom is 0.162 e. The Morgan fingerprint density at radius 2 is 2.00 bits per heavy atom. The molecular weight excluding hydrogens is 214 g/mol. The molecule has 2 rings (SSSR count). The van der Waals surface area contributed by atoms with Crippen molar-refractivity contribution in [2.24, 2.45) is 5.41 Å². The molecule has 0 bridgehead atoms. The van der Waals surface area contributed by atoms with Crippen LogP contribution in [-0.2, 0) is 0 Å². The fraction of sp³-hybridized carbons (Fsp3) is 0.500. The van der Waals surface area contributed by atoms with Crippen LogP contribution in [0.4, 0.5) is 5.69 Å².